The van der Waals surface area contributed by atoms with Gasteiger partial charge in [-0.25, -0.2) is 4.79 Å². The molecule has 1 fully saturated rings. The van der Waals surface area contributed by atoms with Gasteiger partial charge < -0.3 is 9.73 Å². The number of hydrogen-bond acceptors (Lipinski definition) is 5. The van der Waals surface area contributed by atoms with Crippen LogP contribution < -0.4 is 5.32 Å². The second kappa shape index (κ2) is 6.11. The Balaban J connectivity index is 1.75. The molecule has 1 saturated heterocycles. The van der Waals surface area contributed by atoms with Crippen LogP contribution >= 0.6 is 15.9 Å². The van der Waals surface area contributed by atoms with Crippen molar-refractivity contribution in [3.8, 4) is 11.5 Å². The summed E-state index contributed by atoms with van der Waals surface area (Å²) in [7, 11) is 0. The fourth-order valence-corrected chi connectivity index (χ4v) is 2.57. The van der Waals surface area contributed by atoms with Crippen LogP contribution in [0.5, 0.6) is 0 Å². The zero-order valence-electron chi connectivity index (χ0n) is 12.6. The number of halogens is 1. The summed E-state index contributed by atoms with van der Waals surface area (Å²) >= 11 is 3.36. The van der Waals surface area contributed by atoms with Crippen LogP contribution in [0.4, 0.5) is 4.79 Å². The second-order valence-corrected chi connectivity index (χ2v) is 6.52. The standard InChI is InChI=1S/C15H15BrN4O3/c1-8(2)12-14(21)20(15(22)17-12)7-11-18-19-13(23-11)9-3-5-10(16)6-4-9/h3-6,8,12H,7H2,1-2H3,(H,17,22). The third-order valence-electron chi connectivity index (χ3n) is 3.57. The first-order valence-corrected chi connectivity index (χ1v) is 7.95. The van der Waals surface area contributed by atoms with Gasteiger partial charge in [-0.15, -0.1) is 10.2 Å². The van der Waals surface area contributed by atoms with E-state index in [2.05, 4.69) is 31.4 Å². The largest absolute Gasteiger partial charge is 0.419 e. The molecule has 1 aliphatic rings. The Kier molecular flexibility index (Phi) is 4.16. The van der Waals surface area contributed by atoms with Gasteiger partial charge in [0.15, 0.2) is 0 Å². The van der Waals surface area contributed by atoms with E-state index in [0.717, 1.165) is 14.9 Å². The molecule has 1 aromatic carbocycles. The fourth-order valence-electron chi connectivity index (χ4n) is 2.30. The molecule has 1 unspecified atom stereocenters. The summed E-state index contributed by atoms with van der Waals surface area (Å²) < 4.78 is 6.50. The smallest absolute Gasteiger partial charge is 0.325 e. The predicted molar refractivity (Wildman–Crippen MR) is 85.1 cm³/mol. The normalized spacial score (nSPS) is 17.9. The van der Waals surface area contributed by atoms with E-state index >= 15 is 0 Å². The van der Waals surface area contributed by atoms with Crippen LogP contribution in [0.15, 0.2) is 33.2 Å². The molecule has 7 nitrogen and oxygen atoms in total. The molecule has 8 heteroatoms. The zero-order chi connectivity index (χ0) is 16.6. The maximum atomic E-state index is 12.2. The van der Waals surface area contributed by atoms with Crippen LogP contribution in [0.2, 0.25) is 0 Å². The van der Waals surface area contributed by atoms with Crippen LogP contribution in [-0.4, -0.2) is 33.1 Å². The van der Waals surface area contributed by atoms with Crippen molar-refractivity contribution in [1.82, 2.24) is 20.4 Å². The SMILES string of the molecule is CC(C)C1NC(=O)N(Cc2nnc(-c3ccc(Br)cc3)o2)C1=O. The van der Waals surface area contributed by atoms with Crippen molar-refractivity contribution in [2.24, 2.45) is 5.92 Å². The molecule has 0 radical (unpaired) electrons. The van der Waals surface area contributed by atoms with Crippen molar-refractivity contribution in [1.29, 1.82) is 0 Å². The monoisotopic (exact) mass is 378 g/mol. The van der Waals surface area contributed by atoms with Crippen LogP contribution in [0, 0.1) is 5.92 Å². The van der Waals surface area contributed by atoms with Gasteiger partial charge in [0.1, 0.15) is 12.6 Å². The molecule has 1 aliphatic heterocycles. The third kappa shape index (κ3) is 3.12. The minimum Gasteiger partial charge on any atom is -0.419 e. The average molecular weight is 379 g/mol. The Morgan fingerprint density at radius 3 is 2.57 bits per heavy atom. The lowest BCUT2D eigenvalue weighted by Gasteiger charge is -2.12. The number of imide groups is 1. The van der Waals surface area contributed by atoms with E-state index in [4.69, 9.17) is 4.42 Å². The average Bonchev–Trinajstić information content (AvgIpc) is 3.08. The summed E-state index contributed by atoms with van der Waals surface area (Å²) in [5, 5.41) is 10.5. The topological polar surface area (TPSA) is 88.3 Å². The highest BCUT2D eigenvalue weighted by Crippen LogP contribution is 2.22. The predicted octanol–water partition coefficient (Wildman–Crippen LogP) is 2.58. The van der Waals surface area contributed by atoms with Crippen molar-refractivity contribution >= 4 is 27.9 Å². The van der Waals surface area contributed by atoms with E-state index in [1.807, 2.05) is 38.1 Å². The number of aromatic nitrogens is 2. The Morgan fingerprint density at radius 1 is 1.26 bits per heavy atom. The Hall–Kier alpha value is -2.22. The molecule has 2 aromatic rings. The maximum absolute atomic E-state index is 12.2. The number of nitrogens with one attached hydrogen (secondary N) is 1. The molecule has 3 rings (SSSR count). The minimum absolute atomic E-state index is 0.0254. The minimum atomic E-state index is -0.503. The summed E-state index contributed by atoms with van der Waals surface area (Å²) in [6, 6.07) is 6.47. The summed E-state index contributed by atoms with van der Waals surface area (Å²) in [5.74, 6) is 0.321. The Morgan fingerprint density at radius 2 is 1.96 bits per heavy atom. The first-order chi connectivity index (χ1) is 11.0. The maximum Gasteiger partial charge on any atom is 0.325 e. The number of amides is 3. The third-order valence-corrected chi connectivity index (χ3v) is 4.10. The first kappa shape index (κ1) is 15.7. The summed E-state index contributed by atoms with van der Waals surface area (Å²) in [6.45, 7) is 3.73. The molecule has 0 spiro atoms. The molecule has 2 heterocycles. The number of carbonyl (C=O) groups excluding carboxylic acids is 2. The Labute approximate surface area is 141 Å². The van der Waals surface area contributed by atoms with Gasteiger partial charge in [-0.2, -0.15) is 0 Å². The van der Waals surface area contributed by atoms with Gasteiger partial charge in [0.25, 0.3) is 5.91 Å². The summed E-state index contributed by atoms with van der Waals surface area (Å²) in [6.07, 6.45) is 0. The summed E-state index contributed by atoms with van der Waals surface area (Å²) in [5.41, 5.74) is 0.768. The molecule has 1 aromatic heterocycles. The highest BCUT2D eigenvalue weighted by molar-refractivity contribution is 9.10. The van der Waals surface area contributed by atoms with E-state index in [9.17, 15) is 9.59 Å². The molecular weight excluding hydrogens is 364 g/mol. The van der Waals surface area contributed by atoms with E-state index in [1.54, 1.807) is 0 Å². The van der Waals surface area contributed by atoms with Gasteiger partial charge in [-0.1, -0.05) is 29.8 Å². The van der Waals surface area contributed by atoms with Gasteiger partial charge >= 0.3 is 6.03 Å². The zero-order valence-corrected chi connectivity index (χ0v) is 14.2. The number of nitrogens with zero attached hydrogens (tertiary/aromatic N) is 3. The van der Waals surface area contributed by atoms with Crippen molar-refractivity contribution in [3.63, 3.8) is 0 Å². The van der Waals surface area contributed by atoms with Crippen LogP contribution in [0.1, 0.15) is 19.7 Å². The number of carbonyl (C=O) groups is 2. The molecular formula is C15H15BrN4O3. The first-order valence-electron chi connectivity index (χ1n) is 7.16. The number of rotatable bonds is 4. The molecule has 120 valence electrons. The molecule has 1 atom stereocenters. The van der Waals surface area contributed by atoms with Crippen molar-refractivity contribution < 1.29 is 14.0 Å². The van der Waals surface area contributed by atoms with Crippen molar-refractivity contribution in [3.05, 3.63) is 34.6 Å². The summed E-state index contributed by atoms with van der Waals surface area (Å²) in [4.78, 5) is 25.2. The second-order valence-electron chi connectivity index (χ2n) is 5.60. The molecule has 1 N–H and O–H groups in total. The highest BCUT2D eigenvalue weighted by atomic mass is 79.9. The molecule has 23 heavy (non-hydrogen) atoms. The lowest BCUT2D eigenvalue weighted by Crippen LogP contribution is -2.34. The molecule has 0 bridgehead atoms. The molecule has 0 saturated carbocycles. The van der Waals surface area contributed by atoms with E-state index in [-0.39, 0.29) is 24.3 Å². The van der Waals surface area contributed by atoms with Crippen LogP contribution in [0.25, 0.3) is 11.5 Å². The lowest BCUT2D eigenvalue weighted by atomic mass is 10.1. The van der Waals surface area contributed by atoms with Crippen LogP contribution in [-0.2, 0) is 11.3 Å². The molecule has 3 amide bonds. The van der Waals surface area contributed by atoms with Gasteiger partial charge in [-0.05, 0) is 30.2 Å². The van der Waals surface area contributed by atoms with Crippen molar-refractivity contribution in [2.75, 3.05) is 0 Å². The number of hydrogen-bond donors (Lipinski definition) is 1. The quantitative estimate of drug-likeness (QED) is 0.825. The highest BCUT2D eigenvalue weighted by Gasteiger charge is 2.40. The number of urea groups is 1. The number of benzene rings is 1. The molecule has 0 aliphatic carbocycles. The van der Waals surface area contributed by atoms with Gasteiger partial charge in [0.2, 0.25) is 11.8 Å². The lowest BCUT2D eigenvalue weighted by molar-refractivity contribution is -0.128. The van der Waals surface area contributed by atoms with E-state index in [1.165, 1.54) is 0 Å². The van der Waals surface area contributed by atoms with Gasteiger partial charge in [0.05, 0.1) is 0 Å². The fraction of sp³-hybridized carbons (Fsp3) is 0.333. The van der Waals surface area contributed by atoms with E-state index in [0.29, 0.717) is 5.89 Å². The van der Waals surface area contributed by atoms with Gasteiger partial charge in [0, 0.05) is 10.0 Å². The van der Waals surface area contributed by atoms with Crippen LogP contribution in [0.3, 0.4) is 0 Å². The van der Waals surface area contributed by atoms with Crippen molar-refractivity contribution in [2.45, 2.75) is 26.4 Å². The van der Waals surface area contributed by atoms with Gasteiger partial charge in [-0.3, -0.25) is 9.69 Å². The van der Waals surface area contributed by atoms with E-state index < -0.39 is 12.1 Å². The Bertz CT molecular complexity index is 741.